The number of esters is 1. The second-order valence-corrected chi connectivity index (χ2v) is 4.65. The lowest BCUT2D eigenvalue weighted by molar-refractivity contribution is -0.125. The van der Waals surface area contributed by atoms with Crippen LogP contribution < -0.4 is 5.32 Å². The Morgan fingerprint density at radius 2 is 2.29 bits per heavy atom. The van der Waals surface area contributed by atoms with E-state index in [1.54, 1.807) is 37.7 Å². The zero-order valence-electron chi connectivity index (χ0n) is 12.1. The van der Waals surface area contributed by atoms with Crippen LogP contribution in [0.4, 0.5) is 0 Å². The summed E-state index contributed by atoms with van der Waals surface area (Å²) in [5.41, 5.74) is 1.04. The molecule has 1 N–H and O–H groups in total. The molecule has 0 fully saturated rings. The zero-order chi connectivity index (χ0) is 15.4. The Bertz CT molecular complexity index is 631. The summed E-state index contributed by atoms with van der Waals surface area (Å²) in [4.78, 5) is 23.5. The molecular formula is C14H17N3O4. The zero-order valence-corrected chi connectivity index (χ0v) is 12.1. The molecule has 7 heteroatoms. The van der Waals surface area contributed by atoms with Crippen LogP contribution in [-0.2, 0) is 16.6 Å². The van der Waals surface area contributed by atoms with Crippen molar-refractivity contribution in [1.82, 2.24) is 15.1 Å². The van der Waals surface area contributed by atoms with Crippen molar-refractivity contribution in [3.05, 3.63) is 41.6 Å². The molecule has 112 valence electrons. The van der Waals surface area contributed by atoms with Crippen LogP contribution in [-0.4, -0.2) is 28.3 Å². The average Bonchev–Trinajstić information content (AvgIpc) is 3.08. The summed E-state index contributed by atoms with van der Waals surface area (Å²) in [6, 6.07) is 3.21. The molecule has 2 heterocycles. The molecule has 2 aromatic rings. The van der Waals surface area contributed by atoms with Crippen molar-refractivity contribution in [3.63, 3.8) is 0 Å². The number of rotatable bonds is 5. The molecular weight excluding hydrogens is 274 g/mol. The lowest BCUT2D eigenvalue weighted by Crippen LogP contribution is -2.31. The van der Waals surface area contributed by atoms with Crippen molar-refractivity contribution in [3.8, 4) is 0 Å². The van der Waals surface area contributed by atoms with E-state index < -0.39 is 11.9 Å². The Morgan fingerprint density at radius 3 is 2.86 bits per heavy atom. The van der Waals surface area contributed by atoms with Gasteiger partial charge in [-0.25, -0.2) is 4.79 Å². The van der Waals surface area contributed by atoms with E-state index in [2.05, 4.69) is 10.4 Å². The highest BCUT2D eigenvalue weighted by Crippen LogP contribution is 2.12. The largest absolute Gasteiger partial charge is 0.467 e. The molecule has 2 rings (SSSR count). The SMILES string of the molecule is Cc1c(C(=O)OCC(=O)NC(C)c2ccco2)cnn1C. The number of amides is 1. The topological polar surface area (TPSA) is 86.4 Å². The Balaban J connectivity index is 1.84. The number of carbonyl (C=O) groups is 2. The molecule has 7 nitrogen and oxygen atoms in total. The third kappa shape index (κ3) is 3.50. The van der Waals surface area contributed by atoms with Gasteiger partial charge in [-0.15, -0.1) is 0 Å². The number of furan rings is 1. The molecule has 0 saturated heterocycles. The van der Waals surface area contributed by atoms with E-state index in [4.69, 9.17) is 9.15 Å². The smallest absolute Gasteiger partial charge is 0.342 e. The first-order valence-corrected chi connectivity index (χ1v) is 6.47. The van der Waals surface area contributed by atoms with Gasteiger partial charge in [0.25, 0.3) is 5.91 Å². The van der Waals surface area contributed by atoms with E-state index >= 15 is 0 Å². The molecule has 2 aromatic heterocycles. The molecule has 0 aromatic carbocycles. The number of nitrogens with zero attached hydrogens (tertiary/aromatic N) is 2. The van der Waals surface area contributed by atoms with Gasteiger partial charge in [0.15, 0.2) is 6.61 Å². The van der Waals surface area contributed by atoms with Crippen LogP contribution in [0.5, 0.6) is 0 Å². The van der Waals surface area contributed by atoms with Gasteiger partial charge in [-0.05, 0) is 26.0 Å². The van der Waals surface area contributed by atoms with E-state index in [1.165, 1.54) is 12.5 Å². The van der Waals surface area contributed by atoms with Crippen LogP contribution in [0.15, 0.2) is 29.0 Å². The van der Waals surface area contributed by atoms with E-state index in [0.29, 0.717) is 17.0 Å². The monoisotopic (exact) mass is 291 g/mol. The summed E-state index contributed by atoms with van der Waals surface area (Å²) in [5.74, 6) is -0.326. The number of aromatic nitrogens is 2. The maximum absolute atomic E-state index is 11.8. The fraction of sp³-hybridized carbons (Fsp3) is 0.357. The average molecular weight is 291 g/mol. The van der Waals surface area contributed by atoms with Gasteiger partial charge in [-0.2, -0.15) is 5.10 Å². The van der Waals surface area contributed by atoms with E-state index in [-0.39, 0.29) is 12.6 Å². The van der Waals surface area contributed by atoms with Gasteiger partial charge in [0.05, 0.1) is 18.5 Å². The number of carbonyl (C=O) groups excluding carboxylic acids is 2. The number of hydrogen-bond donors (Lipinski definition) is 1. The fourth-order valence-corrected chi connectivity index (χ4v) is 1.80. The predicted molar refractivity (Wildman–Crippen MR) is 73.5 cm³/mol. The second-order valence-electron chi connectivity index (χ2n) is 4.65. The first kappa shape index (κ1) is 14.8. The molecule has 1 atom stereocenters. The third-order valence-corrected chi connectivity index (χ3v) is 3.14. The Hall–Kier alpha value is -2.57. The Labute approximate surface area is 121 Å². The van der Waals surface area contributed by atoms with Crippen molar-refractivity contribution in [2.75, 3.05) is 6.61 Å². The Morgan fingerprint density at radius 1 is 1.52 bits per heavy atom. The van der Waals surface area contributed by atoms with Crippen molar-refractivity contribution < 1.29 is 18.7 Å². The first-order chi connectivity index (χ1) is 9.99. The maximum Gasteiger partial charge on any atom is 0.342 e. The minimum atomic E-state index is -0.568. The van der Waals surface area contributed by atoms with E-state index in [9.17, 15) is 9.59 Å². The van der Waals surface area contributed by atoms with Crippen LogP contribution in [0, 0.1) is 6.92 Å². The van der Waals surface area contributed by atoms with Gasteiger partial charge in [0.1, 0.15) is 11.3 Å². The summed E-state index contributed by atoms with van der Waals surface area (Å²) < 4.78 is 11.7. The van der Waals surface area contributed by atoms with E-state index in [0.717, 1.165) is 0 Å². The highest BCUT2D eigenvalue weighted by atomic mass is 16.5. The summed E-state index contributed by atoms with van der Waals surface area (Å²) >= 11 is 0. The molecule has 1 unspecified atom stereocenters. The molecule has 0 bridgehead atoms. The predicted octanol–water partition coefficient (Wildman–Crippen LogP) is 1.36. The number of aryl methyl sites for hydroxylation is 1. The number of hydrogen-bond acceptors (Lipinski definition) is 5. The molecule has 0 radical (unpaired) electrons. The van der Waals surface area contributed by atoms with Crippen LogP contribution in [0.3, 0.4) is 0 Å². The van der Waals surface area contributed by atoms with Crippen LogP contribution in [0.2, 0.25) is 0 Å². The summed E-state index contributed by atoms with van der Waals surface area (Å²) in [6.07, 6.45) is 2.95. The van der Waals surface area contributed by atoms with Gasteiger partial charge in [-0.1, -0.05) is 0 Å². The normalized spacial score (nSPS) is 12.0. The summed E-state index contributed by atoms with van der Waals surface area (Å²) in [5, 5.41) is 6.63. The molecule has 0 saturated carbocycles. The molecule has 0 aliphatic carbocycles. The molecule has 0 aliphatic heterocycles. The fourth-order valence-electron chi connectivity index (χ4n) is 1.80. The lowest BCUT2D eigenvalue weighted by atomic mass is 10.2. The van der Waals surface area contributed by atoms with Gasteiger partial charge < -0.3 is 14.5 Å². The molecule has 21 heavy (non-hydrogen) atoms. The second kappa shape index (κ2) is 6.25. The quantitative estimate of drug-likeness (QED) is 0.840. The minimum absolute atomic E-state index is 0.286. The van der Waals surface area contributed by atoms with Gasteiger partial charge in [0.2, 0.25) is 0 Å². The third-order valence-electron chi connectivity index (χ3n) is 3.14. The minimum Gasteiger partial charge on any atom is -0.467 e. The van der Waals surface area contributed by atoms with Crippen molar-refractivity contribution in [2.45, 2.75) is 19.9 Å². The highest BCUT2D eigenvalue weighted by molar-refractivity contribution is 5.92. The lowest BCUT2D eigenvalue weighted by Gasteiger charge is -2.11. The number of nitrogens with one attached hydrogen (secondary N) is 1. The summed E-state index contributed by atoms with van der Waals surface area (Å²) in [7, 11) is 1.73. The van der Waals surface area contributed by atoms with Crippen molar-refractivity contribution >= 4 is 11.9 Å². The Kier molecular flexibility index (Phi) is 4.42. The van der Waals surface area contributed by atoms with Crippen molar-refractivity contribution in [2.24, 2.45) is 7.05 Å². The number of ether oxygens (including phenoxy) is 1. The molecule has 1 amide bonds. The standard InChI is InChI=1S/C14H17N3O4/c1-9(12-5-4-6-20-12)16-13(18)8-21-14(19)11-7-15-17(3)10(11)2/h4-7,9H,8H2,1-3H3,(H,16,18). The molecule has 0 aliphatic rings. The maximum atomic E-state index is 11.8. The van der Waals surface area contributed by atoms with Gasteiger partial charge in [-0.3, -0.25) is 9.48 Å². The van der Waals surface area contributed by atoms with Crippen molar-refractivity contribution in [1.29, 1.82) is 0 Å². The summed E-state index contributed by atoms with van der Waals surface area (Å²) in [6.45, 7) is 3.19. The van der Waals surface area contributed by atoms with Gasteiger partial charge in [0, 0.05) is 12.7 Å². The van der Waals surface area contributed by atoms with Gasteiger partial charge >= 0.3 is 5.97 Å². The first-order valence-electron chi connectivity index (χ1n) is 6.47. The van der Waals surface area contributed by atoms with E-state index in [1.807, 2.05) is 0 Å². The molecule has 0 spiro atoms. The van der Waals surface area contributed by atoms with Crippen LogP contribution >= 0.6 is 0 Å². The van der Waals surface area contributed by atoms with Crippen LogP contribution in [0.25, 0.3) is 0 Å². The highest BCUT2D eigenvalue weighted by Gasteiger charge is 2.17. The van der Waals surface area contributed by atoms with Crippen LogP contribution in [0.1, 0.15) is 34.8 Å².